The van der Waals surface area contributed by atoms with Gasteiger partial charge in [-0.05, 0) is 49.4 Å². The van der Waals surface area contributed by atoms with Crippen LogP contribution in [0.5, 0.6) is 0 Å². The van der Waals surface area contributed by atoms with E-state index in [0.717, 1.165) is 12.5 Å². The van der Waals surface area contributed by atoms with Crippen LogP contribution in [0.1, 0.15) is 36.4 Å². The molecule has 1 aromatic carbocycles. The topological polar surface area (TPSA) is 32.5 Å². The molecule has 0 spiro atoms. The Morgan fingerprint density at radius 2 is 2.20 bits per heavy atom. The van der Waals surface area contributed by atoms with Gasteiger partial charge in [0, 0.05) is 38.4 Å². The van der Waals surface area contributed by atoms with Gasteiger partial charge >= 0.3 is 0 Å². The van der Waals surface area contributed by atoms with Crippen molar-refractivity contribution in [2.45, 2.75) is 31.7 Å². The van der Waals surface area contributed by atoms with Crippen LogP contribution in [0.4, 0.5) is 5.69 Å². The first-order chi connectivity index (χ1) is 9.69. The van der Waals surface area contributed by atoms with E-state index in [-0.39, 0.29) is 0 Å². The Bertz CT molecular complexity index is 467. The third kappa shape index (κ3) is 2.57. The number of benzene rings is 1. The lowest BCUT2D eigenvalue weighted by molar-refractivity contribution is 0.165. The lowest BCUT2D eigenvalue weighted by Gasteiger charge is -2.34. The van der Waals surface area contributed by atoms with Crippen LogP contribution < -0.4 is 10.6 Å². The van der Waals surface area contributed by atoms with E-state index in [0.29, 0.717) is 12.6 Å². The largest absolute Gasteiger partial charge is 0.374 e. The van der Waals surface area contributed by atoms with Crippen LogP contribution in [0.2, 0.25) is 0 Å². The van der Waals surface area contributed by atoms with E-state index in [1.165, 1.54) is 49.0 Å². The molecule has 3 heteroatoms. The summed E-state index contributed by atoms with van der Waals surface area (Å²) in [7, 11) is 4.41. The number of hydrogen-bond donors (Lipinski definition) is 1. The summed E-state index contributed by atoms with van der Waals surface area (Å²) < 4.78 is 0. The highest BCUT2D eigenvalue weighted by molar-refractivity contribution is 5.58. The predicted octanol–water partition coefficient (Wildman–Crippen LogP) is 2.41. The van der Waals surface area contributed by atoms with Crippen molar-refractivity contribution in [1.82, 2.24) is 4.90 Å². The van der Waals surface area contributed by atoms with Crippen molar-refractivity contribution < 1.29 is 0 Å². The maximum Gasteiger partial charge on any atom is 0.0467 e. The Kier molecular flexibility index (Phi) is 3.99. The first-order valence-corrected chi connectivity index (χ1v) is 7.93. The maximum atomic E-state index is 6.06. The average Bonchev–Trinajstić information content (AvgIpc) is 2.76. The van der Waals surface area contributed by atoms with Gasteiger partial charge in [-0.1, -0.05) is 18.6 Å². The molecule has 20 heavy (non-hydrogen) atoms. The maximum absolute atomic E-state index is 6.06. The molecule has 1 fully saturated rings. The second-order valence-electron chi connectivity index (χ2n) is 6.55. The Hall–Kier alpha value is -1.06. The molecule has 1 aromatic rings. The molecule has 3 rings (SSSR count). The second-order valence-corrected chi connectivity index (χ2v) is 6.55. The number of likely N-dealkylation sites (N-methyl/N-ethyl adjacent to an activating group) is 2. The third-order valence-electron chi connectivity index (χ3n) is 5.14. The van der Waals surface area contributed by atoms with Crippen LogP contribution in [-0.2, 0) is 6.42 Å². The normalized spacial score (nSPS) is 20.1. The van der Waals surface area contributed by atoms with Crippen molar-refractivity contribution in [3.8, 4) is 0 Å². The summed E-state index contributed by atoms with van der Waals surface area (Å²) in [6.07, 6.45) is 5.38. The number of nitrogens with two attached hydrogens (primary N) is 1. The molecule has 2 N–H and O–H groups in total. The molecule has 0 bridgehead atoms. The molecule has 0 aromatic heterocycles. The Morgan fingerprint density at radius 3 is 2.85 bits per heavy atom. The fourth-order valence-corrected chi connectivity index (χ4v) is 3.57. The van der Waals surface area contributed by atoms with Gasteiger partial charge in [-0.15, -0.1) is 0 Å². The van der Waals surface area contributed by atoms with Crippen molar-refractivity contribution in [2.75, 3.05) is 38.6 Å². The van der Waals surface area contributed by atoms with Crippen molar-refractivity contribution in [1.29, 1.82) is 0 Å². The van der Waals surface area contributed by atoms with E-state index in [1.54, 1.807) is 0 Å². The van der Waals surface area contributed by atoms with Crippen LogP contribution in [0.25, 0.3) is 0 Å². The first kappa shape index (κ1) is 13.9. The van der Waals surface area contributed by atoms with Gasteiger partial charge in [-0.25, -0.2) is 0 Å². The van der Waals surface area contributed by atoms with E-state index in [9.17, 15) is 0 Å². The van der Waals surface area contributed by atoms with Gasteiger partial charge in [0.25, 0.3) is 0 Å². The standard InChI is InChI=1S/C17H27N3/c1-19-9-8-15-10-14(6-7-16(15)19)17(11-18)20(2)12-13-4-3-5-13/h6-7,10,13,17H,3-5,8-9,11-12,18H2,1-2H3. The number of fused-ring (bicyclic) bond motifs is 1. The smallest absolute Gasteiger partial charge is 0.0467 e. The minimum Gasteiger partial charge on any atom is -0.374 e. The molecule has 1 unspecified atom stereocenters. The van der Waals surface area contributed by atoms with E-state index < -0.39 is 0 Å². The average molecular weight is 273 g/mol. The molecule has 1 heterocycles. The highest BCUT2D eigenvalue weighted by Gasteiger charge is 2.24. The third-order valence-corrected chi connectivity index (χ3v) is 5.14. The van der Waals surface area contributed by atoms with Crippen LogP contribution >= 0.6 is 0 Å². The summed E-state index contributed by atoms with van der Waals surface area (Å²) in [5, 5.41) is 0. The number of nitrogens with zero attached hydrogens (tertiary/aromatic N) is 2. The number of anilines is 1. The van der Waals surface area contributed by atoms with Crippen LogP contribution in [-0.4, -0.2) is 38.6 Å². The van der Waals surface area contributed by atoms with E-state index in [4.69, 9.17) is 5.73 Å². The molecule has 1 aliphatic carbocycles. The van der Waals surface area contributed by atoms with Gasteiger partial charge in [0.15, 0.2) is 0 Å². The number of rotatable bonds is 5. The monoisotopic (exact) mass is 273 g/mol. The summed E-state index contributed by atoms with van der Waals surface area (Å²) in [5.74, 6) is 0.898. The summed E-state index contributed by atoms with van der Waals surface area (Å²) in [5.41, 5.74) is 10.3. The van der Waals surface area contributed by atoms with Gasteiger partial charge in [0.1, 0.15) is 0 Å². The first-order valence-electron chi connectivity index (χ1n) is 7.93. The minimum absolute atomic E-state index is 0.367. The van der Waals surface area contributed by atoms with E-state index in [2.05, 4.69) is 42.1 Å². The predicted molar refractivity (Wildman–Crippen MR) is 85.2 cm³/mol. The van der Waals surface area contributed by atoms with Crippen molar-refractivity contribution in [3.63, 3.8) is 0 Å². The van der Waals surface area contributed by atoms with Crippen LogP contribution in [0.15, 0.2) is 18.2 Å². The molecule has 1 aliphatic heterocycles. The zero-order valence-electron chi connectivity index (χ0n) is 12.8. The van der Waals surface area contributed by atoms with E-state index >= 15 is 0 Å². The molecular weight excluding hydrogens is 246 g/mol. The van der Waals surface area contributed by atoms with Crippen LogP contribution in [0.3, 0.4) is 0 Å². The van der Waals surface area contributed by atoms with Gasteiger partial charge in [0.2, 0.25) is 0 Å². The number of hydrogen-bond acceptors (Lipinski definition) is 3. The van der Waals surface area contributed by atoms with Gasteiger partial charge in [0.05, 0.1) is 0 Å². The molecule has 0 radical (unpaired) electrons. The molecule has 110 valence electrons. The van der Waals surface area contributed by atoms with Crippen LogP contribution in [0, 0.1) is 5.92 Å². The SMILES string of the molecule is CN1CCc2cc(C(CN)N(C)CC3CCC3)ccc21. The zero-order chi connectivity index (χ0) is 14.1. The molecule has 1 atom stereocenters. The second kappa shape index (κ2) is 5.74. The molecular formula is C17H27N3. The van der Waals surface area contributed by atoms with E-state index in [1.807, 2.05) is 0 Å². The fraction of sp³-hybridized carbons (Fsp3) is 0.647. The Labute approximate surface area is 122 Å². The van der Waals surface area contributed by atoms with Gasteiger partial charge in [-0.2, -0.15) is 0 Å². The minimum atomic E-state index is 0.367. The molecule has 1 saturated carbocycles. The highest BCUT2D eigenvalue weighted by atomic mass is 15.1. The fourth-order valence-electron chi connectivity index (χ4n) is 3.57. The summed E-state index contributed by atoms with van der Waals surface area (Å²) in [6, 6.07) is 7.30. The lowest BCUT2D eigenvalue weighted by atomic mass is 9.84. The molecule has 2 aliphatic rings. The molecule has 0 amide bonds. The lowest BCUT2D eigenvalue weighted by Crippen LogP contribution is -2.36. The van der Waals surface area contributed by atoms with Gasteiger partial charge in [-0.3, -0.25) is 4.90 Å². The van der Waals surface area contributed by atoms with Gasteiger partial charge < -0.3 is 10.6 Å². The summed E-state index contributed by atoms with van der Waals surface area (Å²) in [4.78, 5) is 4.80. The molecule has 3 nitrogen and oxygen atoms in total. The van der Waals surface area contributed by atoms with Crippen molar-refractivity contribution >= 4 is 5.69 Å². The highest BCUT2D eigenvalue weighted by Crippen LogP contribution is 2.32. The molecule has 0 saturated heterocycles. The zero-order valence-corrected chi connectivity index (χ0v) is 12.8. The van der Waals surface area contributed by atoms with Crippen molar-refractivity contribution in [3.05, 3.63) is 29.3 Å². The summed E-state index contributed by atoms with van der Waals surface area (Å²) in [6.45, 7) is 3.04. The van der Waals surface area contributed by atoms with Crippen molar-refractivity contribution in [2.24, 2.45) is 11.7 Å². The Morgan fingerprint density at radius 1 is 1.40 bits per heavy atom. The quantitative estimate of drug-likeness (QED) is 0.894. The summed E-state index contributed by atoms with van der Waals surface area (Å²) >= 11 is 0. The Balaban J connectivity index is 1.75.